The van der Waals surface area contributed by atoms with Crippen molar-refractivity contribution in [1.82, 2.24) is 14.5 Å². The second kappa shape index (κ2) is 5.20. The van der Waals surface area contributed by atoms with Gasteiger partial charge in [0.25, 0.3) is 0 Å². The molecule has 1 aliphatic rings. The van der Waals surface area contributed by atoms with Gasteiger partial charge in [-0.25, -0.2) is 4.98 Å². The van der Waals surface area contributed by atoms with Crippen molar-refractivity contribution in [3.63, 3.8) is 0 Å². The number of carboxylic acids is 1. The molecule has 0 radical (unpaired) electrons. The van der Waals surface area contributed by atoms with Gasteiger partial charge in [-0.15, -0.1) is 0 Å². The summed E-state index contributed by atoms with van der Waals surface area (Å²) in [6, 6.07) is 0. The molecule has 1 N–H and O–H groups in total. The first-order valence-corrected chi connectivity index (χ1v) is 6.11. The molecule has 1 fully saturated rings. The van der Waals surface area contributed by atoms with E-state index in [1.165, 1.54) is 0 Å². The standard InChI is InChI=1S/C12H17N3O3/c1-2-3-14-8-13-5-10(14)7-15-6-9(12(17)18)4-11(15)16/h5,8-9H,2-4,6-7H2,1H3,(H,17,18). The summed E-state index contributed by atoms with van der Waals surface area (Å²) < 4.78 is 2.00. The molecule has 0 bridgehead atoms. The zero-order valence-electron chi connectivity index (χ0n) is 10.4. The summed E-state index contributed by atoms with van der Waals surface area (Å²) in [7, 11) is 0. The fourth-order valence-electron chi connectivity index (χ4n) is 2.21. The molecule has 6 heteroatoms. The van der Waals surface area contributed by atoms with Gasteiger partial charge in [-0.3, -0.25) is 9.59 Å². The van der Waals surface area contributed by atoms with Crippen LogP contribution in [0.2, 0.25) is 0 Å². The maximum atomic E-state index is 11.7. The van der Waals surface area contributed by atoms with Gasteiger partial charge in [-0.05, 0) is 6.42 Å². The van der Waals surface area contributed by atoms with E-state index in [0.717, 1.165) is 18.7 Å². The van der Waals surface area contributed by atoms with Gasteiger partial charge in [0, 0.05) is 25.7 Å². The molecule has 2 rings (SSSR count). The van der Waals surface area contributed by atoms with Crippen molar-refractivity contribution >= 4 is 11.9 Å². The van der Waals surface area contributed by atoms with Crippen LogP contribution >= 0.6 is 0 Å². The molecular weight excluding hydrogens is 234 g/mol. The highest BCUT2D eigenvalue weighted by atomic mass is 16.4. The summed E-state index contributed by atoms with van der Waals surface area (Å²) in [5, 5.41) is 8.92. The van der Waals surface area contributed by atoms with Crippen molar-refractivity contribution in [3.05, 3.63) is 18.2 Å². The average molecular weight is 251 g/mol. The van der Waals surface area contributed by atoms with E-state index in [1.807, 2.05) is 4.57 Å². The van der Waals surface area contributed by atoms with Gasteiger partial charge >= 0.3 is 5.97 Å². The van der Waals surface area contributed by atoms with E-state index in [4.69, 9.17) is 5.11 Å². The zero-order valence-corrected chi connectivity index (χ0v) is 10.4. The monoisotopic (exact) mass is 251 g/mol. The van der Waals surface area contributed by atoms with Crippen LogP contribution in [0, 0.1) is 5.92 Å². The molecule has 1 aromatic heterocycles. The number of aliphatic carboxylic acids is 1. The predicted octanol–water partition coefficient (Wildman–Crippen LogP) is 0.726. The number of carbonyl (C=O) groups is 2. The molecule has 98 valence electrons. The number of amides is 1. The van der Waals surface area contributed by atoms with E-state index >= 15 is 0 Å². The fraction of sp³-hybridized carbons (Fsp3) is 0.583. The lowest BCUT2D eigenvalue weighted by Crippen LogP contribution is -2.27. The molecule has 0 aromatic carbocycles. The Hall–Kier alpha value is -1.85. The van der Waals surface area contributed by atoms with E-state index in [-0.39, 0.29) is 12.3 Å². The third kappa shape index (κ3) is 2.52. The zero-order chi connectivity index (χ0) is 13.1. The van der Waals surface area contributed by atoms with E-state index < -0.39 is 11.9 Å². The van der Waals surface area contributed by atoms with Crippen LogP contribution in [0.25, 0.3) is 0 Å². The van der Waals surface area contributed by atoms with Gasteiger partial charge in [0.2, 0.25) is 5.91 Å². The van der Waals surface area contributed by atoms with Crippen molar-refractivity contribution in [2.45, 2.75) is 32.9 Å². The first-order chi connectivity index (χ1) is 8.61. The van der Waals surface area contributed by atoms with Crippen LogP contribution in [0.5, 0.6) is 0 Å². The number of nitrogens with zero attached hydrogens (tertiary/aromatic N) is 3. The Balaban J connectivity index is 2.03. The molecule has 1 aliphatic heterocycles. The lowest BCUT2D eigenvalue weighted by atomic mass is 10.1. The van der Waals surface area contributed by atoms with E-state index in [9.17, 15) is 9.59 Å². The first-order valence-electron chi connectivity index (χ1n) is 6.11. The van der Waals surface area contributed by atoms with Crippen molar-refractivity contribution in [2.24, 2.45) is 5.92 Å². The number of hydrogen-bond acceptors (Lipinski definition) is 3. The normalized spacial score (nSPS) is 19.5. The van der Waals surface area contributed by atoms with Crippen molar-refractivity contribution in [3.8, 4) is 0 Å². The van der Waals surface area contributed by atoms with Crippen molar-refractivity contribution < 1.29 is 14.7 Å². The molecular formula is C12H17N3O3. The number of rotatable bonds is 5. The summed E-state index contributed by atoms with van der Waals surface area (Å²) in [6.07, 6.45) is 4.58. The molecule has 1 amide bonds. The molecule has 0 saturated carbocycles. The van der Waals surface area contributed by atoms with Gasteiger partial charge < -0.3 is 14.6 Å². The van der Waals surface area contributed by atoms with E-state index in [2.05, 4.69) is 11.9 Å². The Morgan fingerprint density at radius 2 is 2.39 bits per heavy atom. The second-order valence-electron chi connectivity index (χ2n) is 4.59. The van der Waals surface area contributed by atoms with Crippen LogP contribution < -0.4 is 0 Å². The van der Waals surface area contributed by atoms with Gasteiger partial charge in [0.15, 0.2) is 0 Å². The van der Waals surface area contributed by atoms with Crippen LogP contribution in [0.4, 0.5) is 0 Å². The molecule has 1 saturated heterocycles. The number of aryl methyl sites for hydroxylation is 1. The van der Waals surface area contributed by atoms with Crippen molar-refractivity contribution in [2.75, 3.05) is 6.54 Å². The smallest absolute Gasteiger partial charge is 0.308 e. The maximum absolute atomic E-state index is 11.7. The Bertz CT molecular complexity index is 455. The lowest BCUT2D eigenvalue weighted by molar-refractivity contribution is -0.141. The molecule has 0 spiro atoms. The first kappa shape index (κ1) is 12.6. The second-order valence-corrected chi connectivity index (χ2v) is 4.59. The number of hydrogen-bond donors (Lipinski definition) is 1. The number of imidazole rings is 1. The highest BCUT2D eigenvalue weighted by molar-refractivity contribution is 5.86. The van der Waals surface area contributed by atoms with Crippen LogP contribution in [0.15, 0.2) is 12.5 Å². The fourth-order valence-corrected chi connectivity index (χ4v) is 2.21. The summed E-state index contributed by atoms with van der Waals surface area (Å²) in [5.74, 6) is -1.56. The molecule has 1 atom stereocenters. The van der Waals surface area contributed by atoms with E-state index in [1.54, 1.807) is 17.4 Å². The molecule has 1 unspecified atom stereocenters. The quantitative estimate of drug-likeness (QED) is 0.837. The molecule has 2 heterocycles. The van der Waals surface area contributed by atoms with Crippen LogP contribution in [0.1, 0.15) is 25.5 Å². The summed E-state index contributed by atoms with van der Waals surface area (Å²) in [6.45, 7) is 3.68. The topological polar surface area (TPSA) is 75.4 Å². The predicted molar refractivity (Wildman–Crippen MR) is 63.7 cm³/mol. The summed E-state index contributed by atoms with van der Waals surface area (Å²) in [5.41, 5.74) is 0.955. The van der Waals surface area contributed by atoms with Gasteiger partial charge in [0.05, 0.1) is 24.5 Å². The molecule has 18 heavy (non-hydrogen) atoms. The van der Waals surface area contributed by atoms with Crippen molar-refractivity contribution in [1.29, 1.82) is 0 Å². The minimum absolute atomic E-state index is 0.0911. The Kier molecular flexibility index (Phi) is 3.64. The summed E-state index contributed by atoms with van der Waals surface area (Å²) in [4.78, 5) is 28.3. The van der Waals surface area contributed by atoms with Crippen LogP contribution in [0.3, 0.4) is 0 Å². The van der Waals surface area contributed by atoms with Crippen LogP contribution in [-0.4, -0.2) is 38.0 Å². The largest absolute Gasteiger partial charge is 0.481 e. The van der Waals surface area contributed by atoms with E-state index in [0.29, 0.717) is 13.1 Å². The number of aromatic nitrogens is 2. The Morgan fingerprint density at radius 3 is 3.00 bits per heavy atom. The Morgan fingerprint density at radius 1 is 1.61 bits per heavy atom. The minimum atomic E-state index is -0.895. The van der Waals surface area contributed by atoms with Crippen LogP contribution in [-0.2, 0) is 22.7 Å². The number of likely N-dealkylation sites (tertiary alicyclic amines) is 1. The SMILES string of the molecule is CCCn1cncc1CN1CC(C(=O)O)CC1=O. The minimum Gasteiger partial charge on any atom is -0.481 e. The average Bonchev–Trinajstić information content (AvgIpc) is 2.89. The highest BCUT2D eigenvalue weighted by Crippen LogP contribution is 2.20. The molecule has 1 aromatic rings. The van der Waals surface area contributed by atoms with Gasteiger partial charge in [-0.1, -0.05) is 6.92 Å². The summed E-state index contributed by atoms with van der Waals surface area (Å²) >= 11 is 0. The van der Waals surface area contributed by atoms with Gasteiger partial charge in [0.1, 0.15) is 0 Å². The maximum Gasteiger partial charge on any atom is 0.308 e. The number of carboxylic acid groups (broad SMARTS) is 1. The molecule has 0 aliphatic carbocycles. The third-order valence-electron chi connectivity index (χ3n) is 3.18. The number of carbonyl (C=O) groups excluding carboxylic acids is 1. The van der Waals surface area contributed by atoms with Gasteiger partial charge in [-0.2, -0.15) is 0 Å². The lowest BCUT2D eigenvalue weighted by Gasteiger charge is -2.16. The highest BCUT2D eigenvalue weighted by Gasteiger charge is 2.34. The molecule has 6 nitrogen and oxygen atoms in total. The Labute approximate surface area is 105 Å². The third-order valence-corrected chi connectivity index (χ3v) is 3.18.